The highest BCUT2D eigenvalue weighted by molar-refractivity contribution is 6.30. The Hall–Kier alpha value is -1.26. The Labute approximate surface area is 123 Å². The number of amides is 1. The highest BCUT2D eigenvalue weighted by Gasteiger charge is 2.31. The van der Waals surface area contributed by atoms with Crippen LogP contribution >= 0.6 is 11.6 Å². The van der Waals surface area contributed by atoms with Gasteiger partial charge in [0.2, 0.25) is 0 Å². The lowest BCUT2D eigenvalue weighted by Crippen LogP contribution is -2.49. The molecule has 1 saturated heterocycles. The molecule has 1 amide bonds. The third kappa shape index (κ3) is 2.91. The Balaban J connectivity index is 1.59. The number of nitrogens with one attached hydrogen (secondary N) is 2. The number of ether oxygens (including phenoxy) is 1. The molecule has 0 saturated carbocycles. The standard InChI is InChI=1S/C15H19ClN2O2/c1-9-6-12(4-5-17-9)18-15(19)14-8-10-7-11(16)2-3-13(10)20-14/h2-3,7,9,12,14,17H,4-6,8H2,1H3,(H,18,19). The van der Waals surface area contributed by atoms with E-state index in [9.17, 15) is 4.79 Å². The fourth-order valence-corrected chi connectivity index (χ4v) is 3.12. The van der Waals surface area contributed by atoms with E-state index in [4.69, 9.17) is 16.3 Å². The molecule has 3 rings (SSSR count). The van der Waals surface area contributed by atoms with E-state index in [2.05, 4.69) is 17.6 Å². The number of hydrogen-bond donors (Lipinski definition) is 2. The SMILES string of the molecule is CC1CC(NC(=O)C2Cc3cc(Cl)ccc3O2)CCN1. The summed E-state index contributed by atoms with van der Waals surface area (Å²) in [5.74, 6) is 0.754. The molecule has 108 valence electrons. The maximum absolute atomic E-state index is 12.3. The molecule has 0 aromatic heterocycles. The zero-order valence-corrected chi connectivity index (χ0v) is 12.2. The van der Waals surface area contributed by atoms with Crippen molar-refractivity contribution in [2.45, 2.75) is 44.4 Å². The molecule has 1 fully saturated rings. The van der Waals surface area contributed by atoms with E-state index in [0.717, 1.165) is 30.7 Å². The Morgan fingerprint density at radius 3 is 3.15 bits per heavy atom. The molecule has 3 atom stereocenters. The van der Waals surface area contributed by atoms with E-state index in [1.165, 1.54) is 0 Å². The fourth-order valence-electron chi connectivity index (χ4n) is 2.92. The predicted octanol–water partition coefficient (Wildman–Crippen LogP) is 1.90. The van der Waals surface area contributed by atoms with Crippen molar-refractivity contribution in [3.63, 3.8) is 0 Å². The quantitative estimate of drug-likeness (QED) is 0.876. The van der Waals surface area contributed by atoms with Crippen molar-refractivity contribution in [1.82, 2.24) is 10.6 Å². The van der Waals surface area contributed by atoms with Crippen LogP contribution in [-0.2, 0) is 11.2 Å². The number of carbonyl (C=O) groups excluding carboxylic acids is 1. The lowest BCUT2D eigenvalue weighted by atomic mass is 10.00. The summed E-state index contributed by atoms with van der Waals surface area (Å²) in [6.45, 7) is 3.09. The van der Waals surface area contributed by atoms with Gasteiger partial charge in [-0.2, -0.15) is 0 Å². The molecule has 0 radical (unpaired) electrons. The molecule has 2 aliphatic heterocycles. The highest BCUT2D eigenvalue weighted by Crippen LogP contribution is 2.31. The Morgan fingerprint density at radius 2 is 2.35 bits per heavy atom. The summed E-state index contributed by atoms with van der Waals surface area (Å²) >= 11 is 5.96. The van der Waals surface area contributed by atoms with Crippen molar-refractivity contribution >= 4 is 17.5 Å². The summed E-state index contributed by atoms with van der Waals surface area (Å²) < 4.78 is 5.71. The number of benzene rings is 1. The minimum atomic E-state index is -0.423. The molecule has 5 heteroatoms. The zero-order chi connectivity index (χ0) is 14.1. The average molecular weight is 295 g/mol. The summed E-state index contributed by atoms with van der Waals surface area (Å²) in [7, 11) is 0. The van der Waals surface area contributed by atoms with Gasteiger partial charge >= 0.3 is 0 Å². The molecule has 3 unspecified atom stereocenters. The Morgan fingerprint density at radius 1 is 1.50 bits per heavy atom. The molecule has 4 nitrogen and oxygen atoms in total. The van der Waals surface area contributed by atoms with Gasteiger partial charge in [-0.1, -0.05) is 11.6 Å². The molecule has 1 aromatic rings. The lowest BCUT2D eigenvalue weighted by Gasteiger charge is -2.29. The normalized spacial score (nSPS) is 28.6. The smallest absolute Gasteiger partial charge is 0.261 e. The van der Waals surface area contributed by atoms with Gasteiger partial charge in [-0.05, 0) is 50.1 Å². The van der Waals surface area contributed by atoms with Crippen LogP contribution in [0, 0.1) is 0 Å². The minimum absolute atomic E-state index is 0.0172. The Kier molecular flexibility index (Phi) is 3.85. The van der Waals surface area contributed by atoms with Crippen molar-refractivity contribution in [3.05, 3.63) is 28.8 Å². The highest BCUT2D eigenvalue weighted by atomic mass is 35.5. The van der Waals surface area contributed by atoms with E-state index in [1.54, 1.807) is 6.07 Å². The minimum Gasteiger partial charge on any atom is -0.480 e. The lowest BCUT2D eigenvalue weighted by molar-refractivity contribution is -0.128. The number of fused-ring (bicyclic) bond motifs is 1. The maximum atomic E-state index is 12.3. The van der Waals surface area contributed by atoms with Gasteiger partial charge in [-0.25, -0.2) is 0 Å². The molecule has 2 N–H and O–H groups in total. The number of piperidine rings is 1. The van der Waals surface area contributed by atoms with Gasteiger partial charge < -0.3 is 15.4 Å². The van der Waals surface area contributed by atoms with Crippen LogP contribution < -0.4 is 15.4 Å². The number of carbonyl (C=O) groups is 1. The average Bonchev–Trinajstić information content (AvgIpc) is 2.81. The molecule has 0 aliphatic carbocycles. The maximum Gasteiger partial charge on any atom is 0.261 e. The fraction of sp³-hybridized carbons (Fsp3) is 0.533. The third-order valence-electron chi connectivity index (χ3n) is 3.96. The number of rotatable bonds is 2. The van der Waals surface area contributed by atoms with Crippen molar-refractivity contribution in [3.8, 4) is 5.75 Å². The van der Waals surface area contributed by atoms with Gasteiger partial charge in [0.25, 0.3) is 5.91 Å². The van der Waals surface area contributed by atoms with E-state index >= 15 is 0 Å². The third-order valence-corrected chi connectivity index (χ3v) is 4.19. The van der Waals surface area contributed by atoms with Gasteiger partial charge in [0.15, 0.2) is 6.10 Å². The first-order chi connectivity index (χ1) is 9.61. The molecular formula is C15H19ClN2O2. The van der Waals surface area contributed by atoms with Crippen molar-refractivity contribution in [2.24, 2.45) is 0 Å². The van der Waals surface area contributed by atoms with E-state index in [0.29, 0.717) is 17.5 Å². The predicted molar refractivity (Wildman–Crippen MR) is 78.2 cm³/mol. The van der Waals surface area contributed by atoms with Crippen molar-refractivity contribution < 1.29 is 9.53 Å². The summed E-state index contributed by atoms with van der Waals surface area (Å²) in [4.78, 5) is 12.3. The first-order valence-electron chi connectivity index (χ1n) is 7.10. The van der Waals surface area contributed by atoms with Crippen LogP contribution in [0.5, 0.6) is 5.75 Å². The van der Waals surface area contributed by atoms with Crippen LogP contribution in [0.15, 0.2) is 18.2 Å². The second-order valence-electron chi connectivity index (χ2n) is 5.65. The summed E-state index contributed by atoms with van der Waals surface area (Å²) in [5, 5.41) is 7.16. The van der Waals surface area contributed by atoms with Crippen molar-refractivity contribution in [2.75, 3.05) is 6.54 Å². The summed E-state index contributed by atoms with van der Waals surface area (Å²) in [6, 6.07) is 6.19. The first-order valence-corrected chi connectivity index (χ1v) is 7.48. The molecular weight excluding hydrogens is 276 g/mol. The second kappa shape index (κ2) is 5.62. The van der Waals surface area contributed by atoms with Gasteiger partial charge in [0, 0.05) is 23.5 Å². The van der Waals surface area contributed by atoms with Gasteiger partial charge in [-0.15, -0.1) is 0 Å². The van der Waals surface area contributed by atoms with Crippen molar-refractivity contribution in [1.29, 1.82) is 0 Å². The molecule has 2 heterocycles. The molecule has 2 aliphatic rings. The number of hydrogen-bond acceptors (Lipinski definition) is 3. The summed E-state index contributed by atoms with van der Waals surface area (Å²) in [6.07, 6.45) is 2.12. The van der Waals surface area contributed by atoms with Crippen LogP contribution in [0.1, 0.15) is 25.3 Å². The number of halogens is 1. The molecule has 1 aromatic carbocycles. The van der Waals surface area contributed by atoms with Crippen LogP contribution in [-0.4, -0.2) is 30.6 Å². The largest absolute Gasteiger partial charge is 0.480 e. The van der Waals surface area contributed by atoms with Gasteiger partial charge in [0.1, 0.15) is 5.75 Å². The van der Waals surface area contributed by atoms with Crippen LogP contribution in [0.4, 0.5) is 0 Å². The molecule has 0 spiro atoms. The van der Waals surface area contributed by atoms with E-state index in [1.807, 2.05) is 12.1 Å². The summed E-state index contributed by atoms with van der Waals surface area (Å²) in [5.41, 5.74) is 1.01. The Bertz CT molecular complexity index is 521. The van der Waals surface area contributed by atoms with E-state index < -0.39 is 6.10 Å². The van der Waals surface area contributed by atoms with Gasteiger partial charge in [-0.3, -0.25) is 4.79 Å². The monoisotopic (exact) mass is 294 g/mol. The second-order valence-corrected chi connectivity index (χ2v) is 6.08. The topological polar surface area (TPSA) is 50.4 Å². The first kappa shape index (κ1) is 13.7. The van der Waals surface area contributed by atoms with Gasteiger partial charge in [0.05, 0.1) is 0 Å². The van der Waals surface area contributed by atoms with Crippen LogP contribution in [0.3, 0.4) is 0 Å². The zero-order valence-electron chi connectivity index (χ0n) is 11.5. The van der Waals surface area contributed by atoms with Crippen LogP contribution in [0.25, 0.3) is 0 Å². The molecule has 0 bridgehead atoms. The van der Waals surface area contributed by atoms with Crippen LogP contribution in [0.2, 0.25) is 5.02 Å². The molecule has 20 heavy (non-hydrogen) atoms. The van der Waals surface area contributed by atoms with E-state index in [-0.39, 0.29) is 11.9 Å².